The van der Waals surface area contributed by atoms with Gasteiger partial charge in [-0.1, -0.05) is 170 Å². The zero-order valence-corrected chi connectivity index (χ0v) is 68.0. The first-order valence-electron chi connectivity index (χ1n) is 37.7. The Morgan fingerprint density at radius 2 is 0.738 bits per heavy atom. The number of carbonyl (C=O) groups excluding carboxylic acids is 3. The molecule has 36 heteroatoms. The highest BCUT2D eigenvalue weighted by Crippen LogP contribution is 2.36. The van der Waals surface area contributed by atoms with E-state index in [1.165, 1.54) is 48.7 Å². The van der Waals surface area contributed by atoms with Gasteiger partial charge in [0.25, 0.3) is 5.56 Å². The van der Waals surface area contributed by atoms with Crippen LogP contribution in [0.1, 0.15) is 119 Å². The first-order valence-corrected chi connectivity index (χ1v) is 39.1. The lowest BCUT2D eigenvalue weighted by molar-refractivity contribution is -0.0500. The number of hydrogen-bond donors (Lipinski definition) is 3. The number of rotatable bonds is 26. The summed E-state index contributed by atoms with van der Waals surface area (Å²) in [6.07, 6.45) is 5.05. The third kappa shape index (κ3) is 20.4. The first-order chi connectivity index (χ1) is 58.7. The van der Waals surface area contributed by atoms with Gasteiger partial charge in [-0.25, -0.2) is 54.3 Å². The molecule has 0 aliphatic heterocycles. The molecule has 8 aromatic heterocycles. The second-order valence-electron chi connectivity index (χ2n) is 26.5. The van der Waals surface area contributed by atoms with Gasteiger partial charge in [-0.2, -0.15) is 21.6 Å². The fourth-order valence-corrected chi connectivity index (χ4v) is 12.8. The quantitative estimate of drug-likeness (QED) is 0.0196. The molecular formula is C86H81F3N14O18S. The minimum absolute atomic E-state index is 0.0604. The number of anilines is 2. The third-order valence-corrected chi connectivity index (χ3v) is 19.3. The molecule has 0 aliphatic carbocycles. The molecule has 3 N–H and O–H groups in total. The van der Waals surface area contributed by atoms with Gasteiger partial charge in [-0.3, -0.25) is 19.2 Å². The predicted molar refractivity (Wildman–Crippen MR) is 443 cm³/mol. The molecular weight excluding hydrogens is 1610 g/mol. The number of ether oxygens (including phenoxy) is 3. The largest absolute Gasteiger partial charge is 0.534 e. The summed E-state index contributed by atoms with van der Waals surface area (Å²) in [5.41, 5.74) is 0.138. The van der Waals surface area contributed by atoms with E-state index in [0.29, 0.717) is 57.2 Å². The van der Waals surface area contributed by atoms with Crippen LogP contribution in [0, 0.1) is 41.5 Å². The van der Waals surface area contributed by atoms with Gasteiger partial charge in [0.15, 0.2) is 45.0 Å². The van der Waals surface area contributed by atoms with Crippen LogP contribution in [0.3, 0.4) is 0 Å². The average Bonchev–Trinajstić information content (AvgIpc) is 0.739. The lowest BCUT2D eigenvalue weighted by Crippen LogP contribution is -2.35. The molecule has 0 atom stereocenters. The van der Waals surface area contributed by atoms with E-state index in [1.807, 2.05) is 141 Å². The highest BCUT2D eigenvalue weighted by atomic mass is 32.2. The Hall–Kier alpha value is -15.0. The van der Waals surface area contributed by atoms with Crippen LogP contribution in [0.5, 0.6) is 11.5 Å². The van der Waals surface area contributed by atoms with E-state index < -0.39 is 83.9 Å². The number of hydrogen-bond acceptors (Lipinski definition) is 28. The summed E-state index contributed by atoms with van der Waals surface area (Å²) < 4.78 is 85.4. The van der Waals surface area contributed by atoms with E-state index in [-0.39, 0.29) is 79.7 Å². The van der Waals surface area contributed by atoms with Gasteiger partial charge in [0.2, 0.25) is 0 Å². The predicted octanol–water partition coefficient (Wildman–Crippen LogP) is 11.2. The normalized spacial score (nSPS) is 11.1. The van der Waals surface area contributed by atoms with Crippen LogP contribution >= 0.6 is 0 Å². The van der Waals surface area contributed by atoms with Crippen molar-refractivity contribution in [2.45, 2.75) is 107 Å². The summed E-state index contributed by atoms with van der Waals surface area (Å²) in [5.74, 6) is -4.80. The summed E-state index contributed by atoms with van der Waals surface area (Å²) in [6.45, 7) is 16.6. The highest BCUT2D eigenvalue weighted by Gasteiger charge is 2.50. The van der Waals surface area contributed by atoms with E-state index in [0.717, 1.165) is 54.7 Å². The second-order valence-corrected chi connectivity index (χ2v) is 28.1. The number of halogens is 3. The van der Waals surface area contributed by atoms with Crippen molar-refractivity contribution in [2.75, 3.05) is 30.5 Å². The molecule has 0 radical (unpaired) electrons. The second kappa shape index (κ2) is 40.0. The van der Waals surface area contributed by atoms with E-state index in [1.54, 1.807) is 64.1 Å². The van der Waals surface area contributed by atoms with Crippen LogP contribution in [0.4, 0.5) is 24.5 Å². The van der Waals surface area contributed by atoms with Crippen LogP contribution in [-0.2, 0) is 63.8 Å². The van der Waals surface area contributed by atoms with E-state index in [2.05, 4.69) is 73.7 Å². The monoisotopic (exact) mass is 1690 g/mol. The number of fused-ring (bicyclic) bond motifs is 4. The van der Waals surface area contributed by atoms with Gasteiger partial charge in [0, 0.05) is 19.2 Å². The zero-order chi connectivity index (χ0) is 87.4. The number of nitrogens with zero attached hydrogens (tertiary/aromatic N) is 12. The Morgan fingerprint density at radius 3 is 1.16 bits per heavy atom. The number of esters is 3. The molecule has 0 saturated heterocycles. The van der Waals surface area contributed by atoms with Crippen molar-refractivity contribution < 1.29 is 78.8 Å². The van der Waals surface area contributed by atoms with Gasteiger partial charge in [-0.15, -0.1) is 18.9 Å². The molecule has 32 nitrogen and oxygen atoms in total. The van der Waals surface area contributed by atoms with Crippen molar-refractivity contribution in [1.82, 2.24) is 58.8 Å². The summed E-state index contributed by atoms with van der Waals surface area (Å²) in [4.78, 5) is 146. The Kier molecular flexibility index (Phi) is 28.8. The van der Waals surface area contributed by atoms with Gasteiger partial charge in [-0.05, 0) is 107 Å². The van der Waals surface area contributed by atoms with E-state index in [4.69, 9.17) is 33.6 Å². The summed E-state index contributed by atoms with van der Waals surface area (Å²) in [7, 11) is -6.27. The number of aryl methyl sites for hydroxylation is 6. The molecule has 8 heterocycles. The van der Waals surface area contributed by atoms with E-state index >= 15 is 0 Å². The molecule has 0 unspecified atom stereocenters. The average molecular weight is 1690 g/mol. The number of pyridine rings is 4. The molecule has 0 spiro atoms. The van der Waals surface area contributed by atoms with Gasteiger partial charge in [0.1, 0.15) is 57.5 Å². The number of aromatic nitrogens is 12. The minimum Gasteiger partial charge on any atom is -0.506 e. The zero-order valence-electron chi connectivity index (χ0n) is 67.2. The maximum Gasteiger partial charge on any atom is 0.534 e. The number of carbonyl (C=O) groups is 3. The fraction of sp³-hybridized carbons (Fsp3) is 0.221. The maximum absolute atomic E-state index is 13.6. The molecule has 0 amide bonds. The fourth-order valence-electron chi connectivity index (χ4n) is 12.3. The molecule has 6 aromatic carbocycles. The Labute approximate surface area is 693 Å². The van der Waals surface area contributed by atoms with Crippen molar-refractivity contribution in [3.05, 3.63) is 327 Å². The number of alkyl halides is 3. The topological polar surface area (TPSA) is 395 Å². The number of nitrogens with one attached hydrogen (secondary N) is 2. The highest BCUT2D eigenvalue weighted by molar-refractivity contribution is 7.88. The van der Waals surface area contributed by atoms with Crippen LogP contribution in [0.25, 0.3) is 44.1 Å². The van der Waals surface area contributed by atoms with Crippen molar-refractivity contribution in [2.24, 2.45) is 0 Å². The number of benzene rings is 6. The Bertz CT molecular complexity index is 6530. The molecule has 0 fully saturated rings. The molecule has 0 aliphatic rings. The Balaban J connectivity index is 0.000000159. The smallest absolute Gasteiger partial charge is 0.506 e. The molecule has 630 valence electrons. The minimum atomic E-state index is -6.27. The number of aromatic hydroxyl groups is 1. The van der Waals surface area contributed by atoms with Crippen LogP contribution in [0.2, 0.25) is 0 Å². The van der Waals surface area contributed by atoms with Gasteiger partial charge < -0.3 is 53.5 Å². The first kappa shape index (κ1) is 87.9. The molecule has 14 rings (SSSR count). The van der Waals surface area contributed by atoms with Gasteiger partial charge >= 0.3 is 50.2 Å². The van der Waals surface area contributed by atoms with Gasteiger partial charge in [0.05, 0.1) is 75.5 Å². The van der Waals surface area contributed by atoms with Crippen molar-refractivity contribution in [1.29, 1.82) is 0 Å². The lowest BCUT2D eigenvalue weighted by atomic mass is 10.1. The SMILES string of the molecule is CCOC(=O)c1c(NCc2ccccc2C)c2c(C)ncnc2n(OCc2ccccc2)c1=O.CCOC(=O)c1c(O)c2c(C)ncnc2n(OCc2ccccc2)c1=O.CCOC(=O)c1c(OS(=O)(=O)C(F)(F)F)c2c(C)ncnc2n(OCc2ccccc2)c1=O.Cc1ccccc1CNc1cc(=O)n(OCc2ccccc2)c2ncnc(C)c12. The van der Waals surface area contributed by atoms with Crippen LogP contribution in [-0.4, -0.2) is 116 Å². The molecule has 0 bridgehead atoms. The van der Waals surface area contributed by atoms with Crippen LogP contribution in [0.15, 0.2) is 220 Å². The van der Waals surface area contributed by atoms with Crippen molar-refractivity contribution in [3.63, 3.8) is 0 Å². The summed E-state index contributed by atoms with van der Waals surface area (Å²) in [6, 6.07) is 54.4. The standard InChI is InChI=1S/C26H26N4O4.C23H22N4O2.C19H16F3N3O7S.C18H17N3O5/c1-4-33-26(32)22-23(27-14-20-13-9-8-10-17(20)2)21-18(3)28-16-29-24(21)30(25(22)31)34-15-19-11-6-5-7-12-19;1-16-8-6-7-11-19(16)13-24-20-12-21(28)27(23-22(20)17(2)25-15-26-23)29-14-18-9-4-3-5-10-18;1-3-30-18(27)14-15(32-33(28,29)19(20,21)22)13-11(2)23-10-24-16(13)25(17(14)26)31-9-12-7-5-4-6-8-12;1-3-25-18(24)14-15(22)13-11(2)19-10-20-16(13)21(17(14)23)26-9-12-7-5-4-6-8-12/h5-13,16,27H,4,14-15H2,1-3H3;3-12,15,24H,13-14H2,1-2H3;4-8,10H,3,9H2,1-2H3;4-8,10,22H,3,9H2,1-2H3. The molecule has 122 heavy (non-hydrogen) atoms. The van der Waals surface area contributed by atoms with Crippen LogP contribution < -0.4 is 56.4 Å². The summed E-state index contributed by atoms with van der Waals surface area (Å²) >= 11 is 0. The molecule has 14 aromatic rings. The molecule has 0 saturated carbocycles. The third-order valence-electron chi connectivity index (χ3n) is 18.4. The summed E-state index contributed by atoms with van der Waals surface area (Å²) in [5, 5.41) is 18.1. The maximum atomic E-state index is 13.6. The van der Waals surface area contributed by atoms with Crippen molar-refractivity contribution >= 4 is 83.5 Å². The van der Waals surface area contributed by atoms with Crippen molar-refractivity contribution in [3.8, 4) is 11.5 Å². The van der Waals surface area contributed by atoms with E-state index in [9.17, 15) is 60.3 Å². The lowest BCUT2D eigenvalue weighted by Gasteiger charge is -2.19. The Morgan fingerprint density at radius 1 is 0.410 bits per heavy atom.